The van der Waals surface area contributed by atoms with E-state index in [0.717, 1.165) is 69.1 Å². The zero-order valence-electron chi connectivity index (χ0n) is 37.7. The summed E-state index contributed by atoms with van der Waals surface area (Å²) < 4.78 is 28.5. The van der Waals surface area contributed by atoms with Gasteiger partial charge in [0, 0.05) is 27.9 Å². The number of carbonyl (C=O) groups is 4. The van der Waals surface area contributed by atoms with Crippen molar-refractivity contribution in [1.29, 1.82) is 0 Å². The lowest BCUT2D eigenvalue weighted by Crippen LogP contribution is -2.43. The van der Waals surface area contributed by atoms with Crippen molar-refractivity contribution in [2.24, 2.45) is 0 Å². The van der Waals surface area contributed by atoms with Crippen molar-refractivity contribution in [3.05, 3.63) is 99.7 Å². The first kappa shape index (κ1) is 58.5. The molecule has 0 heterocycles. The Labute approximate surface area is 383 Å². The molecule has 0 spiro atoms. The number of benzene rings is 1. The Bertz CT molecular complexity index is 1860. The Balaban J connectivity index is 0.00000120. The molecule has 6 N–H and O–H groups in total. The van der Waals surface area contributed by atoms with Crippen LogP contribution in [0.25, 0.3) is 0 Å². The maximum absolute atomic E-state index is 11.8. The number of carboxylic acids is 4. The molecule has 12 nitrogen and oxygen atoms in total. The summed E-state index contributed by atoms with van der Waals surface area (Å²) in [5.41, 5.74) is 8.13. The zero-order chi connectivity index (χ0) is 47.1. The Morgan fingerprint density at radius 1 is 0.597 bits per heavy atom. The monoisotopic (exact) mass is 938 g/mol. The molecular formula is C46H70N2O10S4. The maximum atomic E-state index is 11.8. The quantitative estimate of drug-likeness (QED) is 0.0233. The highest BCUT2D eigenvalue weighted by Gasteiger charge is 2.24. The summed E-state index contributed by atoms with van der Waals surface area (Å²) >= 11 is 3.91. The average molecular weight is 939 g/mol. The number of nitrogens with one attached hydrogen (secondary N) is 2. The molecule has 0 saturated heterocycles. The number of hydrogen-bond acceptors (Lipinski definition) is 10. The van der Waals surface area contributed by atoms with E-state index in [9.17, 15) is 42.9 Å². The molecule has 0 fully saturated rings. The number of carboxylic acid groups (broad SMARTS) is 4. The van der Waals surface area contributed by atoms with E-state index in [1.54, 1.807) is 30.0 Å². The van der Waals surface area contributed by atoms with Crippen LogP contribution in [-0.2, 0) is 24.4 Å². The van der Waals surface area contributed by atoms with Crippen molar-refractivity contribution in [3.8, 4) is 0 Å². The molecule has 1 aromatic rings. The van der Waals surface area contributed by atoms with E-state index in [2.05, 4.69) is 88.3 Å². The number of sulfonamides is 1. The minimum absolute atomic E-state index is 0.0643. The van der Waals surface area contributed by atoms with Gasteiger partial charge in [0.2, 0.25) is 10.0 Å². The molecular weight excluding hydrogens is 869 g/mol. The first-order chi connectivity index (χ1) is 29.1. The summed E-state index contributed by atoms with van der Waals surface area (Å²) in [4.78, 5) is 45.1. The minimum atomic E-state index is -3.96. The molecule has 348 valence electrons. The van der Waals surface area contributed by atoms with Crippen LogP contribution in [0.1, 0.15) is 124 Å². The Kier molecular flexibility index (Phi) is 32.0. The number of aromatic carboxylic acids is 1. The predicted octanol–water partition coefficient (Wildman–Crippen LogP) is 10.6. The highest BCUT2D eigenvalue weighted by atomic mass is 32.2. The molecule has 0 aliphatic heterocycles. The molecule has 0 amide bonds. The van der Waals surface area contributed by atoms with Gasteiger partial charge >= 0.3 is 23.9 Å². The number of rotatable bonds is 31. The second kappa shape index (κ2) is 33.9. The fraction of sp³-hybridized carbons (Fsp3) is 0.522. The summed E-state index contributed by atoms with van der Waals surface area (Å²) in [6.45, 7) is 16.9. The van der Waals surface area contributed by atoms with Crippen molar-refractivity contribution >= 4 is 69.4 Å². The van der Waals surface area contributed by atoms with Gasteiger partial charge < -0.3 is 20.4 Å². The van der Waals surface area contributed by atoms with Crippen LogP contribution in [-0.4, -0.2) is 93.6 Å². The normalized spacial score (nSPS) is 13.4. The molecule has 0 aromatic heterocycles. The molecule has 0 radical (unpaired) electrons. The first-order valence-electron chi connectivity index (χ1n) is 20.6. The molecule has 62 heavy (non-hydrogen) atoms. The van der Waals surface area contributed by atoms with Crippen LogP contribution >= 0.6 is 35.5 Å². The lowest BCUT2D eigenvalue weighted by molar-refractivity contribution is -0.139. The zero-order valence-corrected chi connectivity index (χ0v) is 41.0. The van der Waals surface area contributed by atoms with Crippen LogP contribution in [0.5, 0.6) is 0 Å². The number of allylic oxidation sites excluding steroid dienone is 10. The summed E-state index contributed by atoms with van der Waals surface area (Å²) in [5, 5.41) is 36.5. The second-order valence-electron chi connectivity index (χ2n) is 15.4. The van der Waals surface area contributed by atoms with Gasteiger partial charge in [-0.25, -0.2) is 22.7 Å². The highest BCUT2D eigenvalue weighted by Crippen LogP contribution is 2.22. The first-order valence-corrected chi connectivity index (χ1v) is 25.4. The van der Waals surface area contributed by atoms with Crippen molar-refractivity contribution < 1.29 is 48.0 Å². The number of hydrogen-bond donors (Lipinski definition) is 6. The average Bonchev–Trinajstić information content (AvgIpc) is 3.17. The molecule has 16 heteroatoms. The van der Waals surface area contributed by atoms with Crippen LogP contribution in [0.3, 0.4) is 0 Å². The molecule has 0 aliphatic rings. The standard InChI is InChI=1S/C25H35NO4S2.C21H35NO6S2/c1-18(2)9-7-10-19(3)11-8-12-20(4)15-16-31-17-22(25(29)30)26-32-23-14-6-5-13-21(23)24(27)28;1-16(2)7-5-8-17(3)9-6-10-18(4)11-13-29-15-19(21(25)26)22-30(27,28)14-12-20(23)24/h5-6,9,11,13-15,22,26H,7-8,10,12,16-17H2,1-4H3,(H,27,28)(H,29,30);7,9,11,19,22H,5-6,8,10,12-15H2,1-4H3,(H,23,24)(H,25,26)/b19-11+,20-15+;17-9+,18-11+. The van der Waals surface area contributed by atoms with Gasteiger partial charge in [-0.3, -0.25) is 14.4 Å². The van der Waals surface area contributed by atoms with Gasteiger partial charge in [0.25, 0.3) is 0 Å². The lowest BCUT2D eigenvalue weighted by Gasteiger charge is -2.14. The summed E-state index contributed by atoms with van der Waals surface area (Å²) in [5.74, 6) is -3.37. The van der Waals surface area contributed by atoms with Gasteiger partial charge in [0.05, 0.1) is 17.7 Å². The van der Waals surface area contributed by atoms with E-state index >= 15 is 0 Å². The van der Waals surface area contributed by atoms with Gasteiger partial charge in [0.15, 0.2) is 0 Å². The molecule has 1 rings (SSSR count). The van der Waals surface area contributed by atoms with Crippen LogP contribution in [0.2, 0.25) is 0 Å². The van der Waals surface area contributed by atoms with Crippen LogP contribution in [0.4, 0.5) is 0 Å². The predicted molar refractivity (Wildman–Crippen MR) is 260 cm³/mol. The third-order valence-electron chi connectivity index (χ3n) is 8.85. The third-order valence-corrected chi connectivity index (χ3v) is 13.2. The van der Waals surface area contributed by atoms with Gasteiger partial charge in [-0.1, -0.05) is 82.0 Å². The van der Waals surface area contributed by atoms with Crippen molar-refractivity contribution in [1.82, 2.24) is 9.44 Å². The highest BCUT2D eigenvalue weighted by molar-refractivity contribution is 8.00. The molecule has 0 bridgehead atoms. The second-order valence-corrected chi connectivity index (χ2v) is 20.3. The van der Waals surface area contributed by atoms with Gasteiger partial charge in [-0.15, -0.1) is 0 Å². The summed E-state index contributed by atoms with van der Waals surface area (Å²) in [7, 11) is -3.96. The van der Waals surface area contributed by atoms with Crippen LogP contribution in [0, 0.1) is 0 Å². The minimum Gasteiger partial charge on any atom is -0.481 e. The Hall–Kier alpha value is -3.54. The van der Waals surface area contributed by atoms with Crippen molar-refractivity contribution in [2.75, 3.05) is 28.8 Å². The molecule has 1 aromatic carbocycles. The third kappa shape index (κ3) is 32.2. The van der Waals surface area contributed by atoms with E-state index in [1.807, 2.05) is 13.0 Å². The Morgan fingerprint density at radius 2 is 1.02 bits per heavy atom. The van der Waals surface area contributed by atoms with E-state index < -0.39 is 58.2 Å². The van der Waals surface area contributed by atoms with Crippen LogP contribution < -0.4 is 9.44 Å². The maximum Gasteiger partial charge on any atom is 0.336 e. The lowest BCUT2D eigenvalue weighted by atomic mass is 10.1. The van der Waals surface area contributed by atoms with E-state index in [4.69, 9.17) is 5.11 Å². The van der Waals surface area contributed by atoms with E-state index in [0.29, 0.717) is 16.4 Å². The fourth-order valence-electron chi connectivity index (χ4n) is 5.13. The van der Waals surface area contributed by atoms with Gasteiger partial charge in [0.1, 0.15) is 12.1 Å². The summed E-state index contributed by atoms with van der Waals surface area (Å²) in [6, 6.07) is 4.49. The largest absolute Gasteiger partial charge is 0.481 e. The molecule has 2 atom stereocenters. The molecule has 0 saturated carbocycles. The molecule has 0 aliphatic carbocycles. The number of thioether (sulfide) groups is 2. The van der Waals surface area contributed by atoms with Gasteiger partial charge in [-0.2, -0.15) is 23.5 Å². The fourth-order valence-corrected chi connectivity index (χ4v) is 9.38. The van der Waals surface area contributed by atoms with E-state index in [1.165, 1.54) is 51.3 Å². The SMILES string of the molecule is CC(C)=CCC/C(C)=C/CC/C(C)=C/CSCC(NS(=O)(=O)CCC(=O)O)C(=O)O.CC(C)=CCC/C(C)=C/CC/C(C)=C/CSCC(NSc1ccccc1C(=O)O)C(=O)O. The smallest absolute Gasteiger partial charge is 0.336 e. The van der Waals surface area contributed by atoms with Gasteiger partial charge in [-0.05, 0) is 131 Å². The van der Waals surface area contributed by atoms with Crippen molar-refractivity contribution in [3.63, 3.8) is 0 Å². The topological polar surface area (TPSA) is 207 Å². The Morgan fingerprint density at radius 3 is 1.44 bits per heavy atom. The number of aliphatic carboxylic acids is 3. The molecule has 2 unspecified atom stereocenters. The summed E-state index contributed by atoms with van der Waals surface area (Å²) in [6.07, 6.45) is 20.9. The van der Waals surface area contributed by atoms with E-state index in [-0.39, 0.29) is 11.3 Å². The van der Waals surface area contributed by atoms with Crippen LogP contribution in [0.15, 0.2) is 99.1 Å². The van der Waals surface area contributed by atoms with Crippen molar-refractivity contribution in [2.45, 2.75) is 130 Å².